The molecule has 31 heavy (non-hydrogen) atoms. The molecule has 5 aromatic rings. The minimum absolute atomic E-state index is 0.00878. The summed E-state index contributed by atoms with van der Waals surface area (Å²) in [5, 5.41) is 6.79. The molecule has 0 amide bonds. The van der Waals surface area contributed by atoms with Gasteiger partial charge >= 0.3 is 12.7 Å². The number of alkyl halides is 5. The summed E-state index contributed by atoms with van der Waals surface area (Å²) >= 11 is 0. The van der Waals surface area contributed by atoms with Crippen LogP contribution in [-0.2, 0) is 6.18 Å². The zero-order valence-electron chi connectivity index (χ0n) is 14.9. The van der Waals surface area contributed by atoms with E-state index in [1.165, 1.54) is 24.4 Å². The second kappa shape index (κ2) is 6.30. The Morgan fingerprint density at radius 1 is 1.10 bits per heavy atom. The van der Waals surface area contributed by atoms with Gasteiger partial charge in [0.25, 0.3) is 5.56 Å². The summed E-state index contributed by atoms with van der Waals surface area (Å²) in [6.45, 7) is -3.14. The molecule has 158 valence electrons. The fraction of sp³-hybridized carbons (Fsp3) is 0.111. The van der Waals surface area contributed by atoms with E-state index in [0.29, 0.717) is 6.07 Å². The van der Waals surface area contributed by atoms with E-state index in [0.717, 1.165) is 10.8 Å². The van der Waals surface area contributed by atoms with Gasteiger partial charge in [-0.3, -0.25) is 9.36 Å². The summed E-state index contributed by atoms with van der Waals surface area (Å²) in [6.07, 6.45) is -3.19. The van der Waals surface area contributed by atoms with Crippen molar-refractivity contribution in [2.45, 2.75) is 12.7 Å². The van der Waals surface area contributed by atoms with Crippen LogP contribution >= 0.6 is 0 Å². The first-order valence-corrected chi connectivity index (χ1v) is 8.50. The van der Waals surface area contributed by atoms with Gasteiger partial charge in [-0.25, -0.2) is 14.1 Å². The molecule has 7 nitrogen and oxygen atoms in total. The second-order valence-electron chi connectivity index (χ2n) is 6.49. The van der Waals surface area contributed by atoms with Crippen molar-refractivity contribution < 1.29 is 30.9 Å². The lowest BCUT2D eigenvalue weighted by atomic mass is 10.1. The molecule has 13 heteroatoms. The second-order valence-corrected chi connectivity index (χ2v) is 6.49. The third-order valence-corrected chi connectivity index (χ3v) is 4.68. The van der Waals surface area contributed by atoms with Crippen LogP contribution in [0.4, 0.5) is 26.3 Å². The van der Waals surface area contributed by atoms with Crippen LogP contribution in [0.15, 0.2) is 46.0 Å². The molecular formula is C18H7F6N5O2. The Morgan fingerprint density at radius 2 is 1.87 bits per heavy atom. The molecule has 0 atom stereocenters. The molecule has 0 saturated heterocycles. The molecule has 5 rings (SSSR count). The smallest absolute Gasteiger partial charge is 0.356 e. The third-order valence-electron chi connectivity index (χ3n) is 4.68. The molecule has 4 aromatic heterocycles. The standard InChI is InChI=1S/C18H7F6N5O2/c19-10-4-7-9-6-28(17(20)21)27-13(9)16(30)29(15(7)26-14(10)18(22,23)24)11-2-1-3-12-8(11)5-25-31-12/h1-6,17H. The highest BCUT2D eigenvalue weighted by atomic mass is 19.4. The highest BCUT2D eigenvalue weighted by Crippen LogP contribution is 2.34. The van der Waals surface area contributed by atoms with Gasteiger partial charge in [-0.15, -0.1) is 0 Å². The number of pyridine rings is 2. The van der Waals surface area contributed by atoms with Crippen molar-refractivity contribution >= 4 is 32.9 Å². The van der Waals surface area contributed by atoms with E-state index in [1.807, 2.05) is 0 Å². The normalized spacial score (nSPS) is 12.6. The molecule has 0 saturated carbocycles. The van der Waals surface area contributed by atoms with E-state index in [1.54, 1.807) is 0 Å². The number of rotatable bonds is 2. The highest BCUT2D eigenvalue weighted by molar-refractivity contribution is 6.04. The van der Waals surface area contributed by atoms with Crippen molar-refractivity contribution in [3.8, 4) is 5.69 Å². The molecular weight excluding hydrogens is 432 g/mol. The van der Waals surface area contributed by atoms with Gasteiger partial charge in [0.15, 0.2) is 22.6 Å². The van der Waals surface area contributed by atoms with Crippen LogP contribution in [0.1, 0.15) is 12.2 Å². The first-order chi connectivity index (χ1) is 14.7. The molecule has 0 fully saturated rings. The molecule has 4 heterocycles. The number of nitrogens with zero attached hydrogens (tertiary/aromatic N) is 5. The lowest BCUT2D eigenvalue weighted by Gasteiger charge is -2.14. The first-order valence-electron chi connectivity index (χ1n) is 8.50. The summed E-state index contributed by atoms with van der Waals surface area (Å²) in [5.74, 6) is -1.72. The largest absolute Gasteiger partial charge is 0.436 e. The van der Waals surface area contributed by atoms with Gasteiger partial charge in [0.1, 0.15) is 5.65 Å². The lowest BCUT2D eigenvalue weighted by molar-refractivity contribution is -0.143. The van der Waals surface area contributed by atoms with E-state index >= 15 is 0 Å². The number of hydrogen-bond donors (Lipinski definition) is 0. The molecule has 0 spiro atoms. The first kappa shape index (κ1) is 19.1. The lowest BCUT2D eigenvalue weighted by Crippen LogP contribution is -2.22. The molecule has 0 radical (unpaired) electrons. The van der Waals surface area contributed by atoms with Crippen LogP contribution in [-0.4, -0.2) is 24.5 Å². The fourth-order valence-corrected chi connectivity index (χ4v) is 3.39. The van der Waals surface area contributed by atoms with E-state index in [-0.39, 0.29) is 32.1 Å². The van der Waals surface area contributed by atoms with Crippen molar-refractivity contribution in [2.75, 3.05) is 0 Å². The predicted octanol–water partition coefficient (Wildman–Crippen LogP) is 4.43. The highest BCUT2D eigenvalue weighted by Gasteiger charge is 2.37. The van der Waals surface area contributed by atoms with Gasteiger partial charge in [0.2, 0.25) is 0 Å². The Labute approximate surface area is 166 Å². The topological polar surface area (TPSA) is 78.7 Å². The van der Waals surface area contributed by atoms with Crippen molar-refractivity contribution in [3.05, 3.63) is 58.5 Å². The van der Waals surface area contributed by atoms with Gasteiger partial charge in [-0.05, 0) is 18.2 Å². The SMILES string of the molecule is O=c1c2nn(C(F)F)cc2c2cc(F)c(C(F)(F)F)nc2n1-c1cccc2oncc12. The van der Waals surface area contributed by atoms with E-state index < -0.39 is 41.0 Å². The predicted molar refractivity (Wildman–Crippen MR) is 94.4 cm³/mol. The molecule has 0 aliphatic heterocycles. The molecule has 0 aliphatic carbocycles. The maximum Gasteiger partial charge on any atom is 0.436 e. The Bertz CT molecular complexity index is 1550. The van der Waals surface area contributed by atoms with Crippen molar-refractivity contribution in [2.24, 2.45) is 0 Å². The summed E-state index contributed by atoms with van der Waals surface area (Å²) < 4.78 is 86.4. The Balaban J connectivity index is 2.02. The van der Waals surface area contributed by atoms with E-state index in [2.05, 4.69) is 15.2 Å². The molecule has 0 unspecified atom stereocenters. The van der Waals surface area contributed by atoms with Gasteiger partial charge in [-0.2, -0.15) is 27.1 Å². The quantitative estimate of drug-likeness (QED) is 0.381. The summed E-state index contributed by atoms with van der Waals surface area (Å²) in [6, 6.07) is 4.80. The summed E-state index contributed by atoms with van der Waals surface area (Å²) in [7, 11) is 0. The average molecular weight is 439 g/mol. The van der Waals surface area contributed by atoms with Gasteiger partial charge in [0, 0.05) is 17.0 Å². The number of halogens is 6. The molecule has 0 aliphatic rings. The van der Waals surface area contributed by atoms with Crippen LogP contribution in [0.25, 0.3) is 38.6 Å². The number of fused-ring (bicyclic) bond motifs is 4. The van der Waals surface area contributed by atoms with Crippen LogP contribution < -0.4 is 5.56 Å². The number of aromatic nitrogens is 5. The number of hydrogen-bond acceptors (Lipinski definition) is 5. The molecule has 0 N–H and O–H groups in total. The summed E-state index contributed by atoms with van der Waals surface area (Å²) in [5.41, 5.74) is -3.76. The van der Waals surface area contributed by atoms with Crippen LogP contribution in [0, 0.1) is 5.82 Å². The Morgan fingerprint density at radius 3 is 2.58 bits per heavy atom. The summed E-state index contributed by atoms with van der Waals surface area (Å²) in [4.78, 5) is 16.5. The monoisotopic (exact) mass is 439 g/mol. The van der Waals surface area contributed by atoms with Crippen LogP contribution in [0.5, 0.6) is 0 Å². The Hall–Kier alpha value is -3.90. The average Bonchev–Trinajstić information content (AvgIpc) is 3.35. The zero-order chi connectivity index (χ0) is 22.1. The molecule has 1 aromatic carbocycles. The van der Waals surface area contributed by atoms with Crippen LogP contribution in [0.2, 0.25) is 0 Å². The van der Waals surface area contributed by atoms with Crippen LogP contribution in [0.3, 0.4) is 0 Å². The number of benzene rings is 1. The van der Waals surface area contributed by atoms with E-state index in [4.69, 9.17) is 4.52 Å². The Kier molecular flexibility index (Phi) is 3.88. The molecule has 0 bridgehead atoms. The van der Waals surface area contributed by atoms with E-state index in [9.17, 15) is 31.1 Å². The zero-order valence-corrected chi connectivity index (χ0v) is 14.9. The third kappa shape index (κ3) is 2.76. The maximum atomic E-state index is 14.3. The van der Waals surface area contributed by atoms with Crippen molar-refractivity contribution in [3.63, 3.8) is 0 Å². The van der Waals surface area contributed by atoms with Crippen molar-refractivity contribution in [1.29, 1.82) is 0 Å². The minimum atomic E-state index is -5.16. The fourth-order valence-electron chi connectivity index (χ4n) is 3.39. The minimum Gasteiger partial charge on any atom is -0.356 e. The van der Waals surface area contributed by atoms with Crippen molar-refractivity contribution in [1.82, 2.24) is 24.5 Å². The maximum absolute atomic E-state index is 14.3. The van der Waals surface area contributed by atoms with Gasteiger partial charge < -0.3 is 4.52 Å². The van der Waals surface area contributed by atoms with Gasteiger partial charge in [-0.1, -0.05) is 11.2 Å². The van der Waals surface area contributed by atoms with Gasteiger partial charge in [0.05, 0.1) is 17.3 Å².